The number of anilines is 1. The van der Waals surface area contributed by atoms with E-state index in [2.05, 4.69) is 34.7 Å². The number of aryl methyl sites for hydroxylation is 1. The van der Waals surface area contributed by atoms with Crippen molar-refractivity contribution in [3.8, 4) is 0 Å². The molecule has 0 spiro atoms. The third kappa shape index (κ3) is 2.82. The average Bonchev–Trinajstić information content (AvgIpc) is 2.39. The largest absolute Gasteiger partial charge is 0.392 e. The average molecular weight is 249 g/mol. The van der Waals surface area contributed by atoms with Crippen LogP contribution in [0, 0.1) is 6.92 Å². The Kier molecular flexibility index (Phi) is 4.19. The molecule has 1 fully saturated rings. The number of nitrogens with zero attached hydrogens (tertiary/aromatic N) is 3. The molecular formula is C14H23N3O. The summed E-state index contributed by atoms with van der Waals surface area (Å²) in [6.45, 7) is 10.8. The van der Waals surface area contributed by atoms with E-state index in [1.165, 1.54) is 0 Å². The smallest absolute Gasteiger partial charge is 0.0717 e. The second-order valence-corrected chi connectivity index (χ2v) is 5.23. The summed E-state index contributed by atoms with van der Waals surface area (Å²) in [6, 6.07) is 2.69. The number of piperazine rings is 1. The number of aliphatic hydroxyl groups excluding tert-OH is 1. The van der Waals surface area contributed by atoms with Crippen molar-refractivity contribution < 1.29 is 5.11 Å². The molecule has 0 unspecified atom stereocenters. The lowest BCUT2D eigenvalue weighted by atomic mass is 10.1. The number of hydrogen-bond acceptors (Lipinski definition) is 4. The molecule has 1 aromatic rings. The molecule has 4 heteroatoms. The van der Waals surface area contributed by atoms with Crippen LogP contribution >= 0.6 is 0 Å². The Morgan fingerprint density at radius 2 is 1.94 bits per heavy atom. The molecule has 0 amide bonds. The Labute approximate surface area is 109 Å². The molecule has 0 aliphatic carbocycles. The van der Waals surface area contributed by atoms with Gasteiger partial charge in [-0.1, -0.05) is 0 Å². The highest BCUT2D eigenvalue weighted by Crippen LogP contribution is 2.22. The van der Waals surface area contributed by atoms with Gasteiger partial charge in [-0.25, -0.2) is 0 Å². The standard InChI is InChI=1S/C14H23N3O/c1-11(2)16-4-6-17(7-5-16)14-8-12(3)15-9-13(14)10-18/h8-9,11,18H,4-7,10H2,1-3H3. The summed E-state index contributed by atoms with van der Waals surface area (Å²) in [6.07, 6.45) is 1.79. The van der Waals surface area contributed by atoms with Crippen LogP contribution < -0.4 is 4.90 Å². The van der Waals surface area contributed by atoms with Crippen LogP contribution in [0.5, 0.6) is 0 Å². The van der Waals surface area contributed by atoms with Crippen LogP contribution in [0.25, 0.3) is 0 Å². The minimum absolute atomic E-state index is 0.0625. The quantitative estimate of drug-likeness (QED) is 0.879. The van der Waals surface area contributed by atoms with Gasteiger partial charge in [0.2, 0.25) is 0 Å². The van der Waals surface area contributed by atoms with Gasteiger partial charge in [-0.15, -0.1) is 0 Å². The first-order valence-corrected chi connectivity index (χ1v) is 6.67. The predicted octanol–water partition coefficient (Wildman–Crippen LogP) is 1.41. The molecule has 0 bridgehead atoms. The SMILES string of the molecule is Cc1cc(N2CCN(C(C)C)CC2)c(CO)cn1. The fraction of sp³-hybridized carbons (Fsp3) is 0.643. The second kappa shape index (κ2) is 5.67. The minimum atomic E-state index is 0.0625. The van der Waals surface area contributed by atoms with Crippen molar-refractivity contribution in [3.05, 3.63) is 23.5 Å². The van der Waals surface area contributed by atoms with Crippen molar-refractivity contribution in [2.24, 2.45) is 0 Å². The summed E-state index contributed by atoms with van der Waals surface area (Å²) < 4.78 is 0. The van der Waals surface area contributed by atoms with Crippen LogP contribution in [0.3, 0.4) is 0 Å². The van der Waals surface area contributed by atoms with E-state index < -0.39 is 0 Å². The van der Waals surface area contributed by atoms with E-state index in [1.54, 1.807) is 6.20 Å². The number of aliphatic hydroxyl groups is 1. The fourth-order valence-corrected chi connectivity index (χ4v) is 2.47. The van der Waals surface area contributed by atoms with Crippen molar-refractivity contribution in [1.82, 2.24) is 9.88 Å². The summed E-state index contributed by atoms with van der Waals surface area (Å²) in [5.74, 6) is 0. The molecule has 0 saturated carbocycles. The lowest BCUT2D eigenvalue weighted by molar-refractivity contribution is 0.209. The van der Waals surface area contributed by atoms with Gasteiger partial charge in [0.05, 0.1) is 6.61 Å². The maximum atomic E-state index is 9.40. The van der Waals surface area contributed by atoms with Crippen LogP contribution in [-0.2, 0) is 6.61 Å². The molecule has 2 heterocycles. The van der Waals surface area contributed by atoms with Crippen LogP contribution in [0.15, 0.2) is 12.3 Å². The van der Waals surface area contributed by atoms with Gasteiger partial charge in [-0.05, 0) is 26.8 Å². The second-order valence-electron chi connectivity index (χ2n) is 5.23. The van der Waals surface area contributed by atoms with Gasteiger partial charge >= 0.3 is 0 Å². The van der Waals surface area contributed by atoms with Crippen molar-refractivity contribution in [1.29, 1.82) is 0 Å². The molecule has 1 aliphatic heterocycles. The first-order chi connectivity index (χ1) is 8.61. The third-order valence-corrected chi connectivity index (χ3v) is 3.65. The van der Waals surface area contributed by atoms with Crippen LogP contribution in [0.4, 0.5) is 5.69 Å². The highest BCUT2D eigenvalue weighted by atomic mass is 16.3. The molecule has 2 rings (SSSR count). The van der Waals surface area contributed by atoms with Crippen LogP contribution in [0.1, 0.15) is 25.1 Å². The third-order valence-electron chi connectivity index (χ3n) is 3.65. The molecule has 18 heavy (non-hydrogen) atoms. The van der Waals surface area contributed by atoms with E-state index in [-0.39, 0.29) is 6.61 Å². The van der Waals surface area contributed by atoms with Gasteiger partial charge in [0.25, 0.3) is 0 Å². The van der Waals surface area contributed by atoms with Gasteiger partial charge in [0, 0.05) is 55.4 Å². The van der Waals surface area contributed by atoms with E-state index in [1.807, 2.05) is 6.92 Å². The van der Waals surface area contributed by atoms with Gasteiger partial charge in [0.1, 0.15) is 0 Å². The van der Waals surface area contributed by atoms with E-state index in [9.17, 15) is 5.11 Å². The van der Waals surface area contributed by atoms with Crippen LogP contribution in [-0.4, -0.2) is 47.2 Å². The molecule has 0 atom stereocenters. The molecule has 4 nitrogen and oxygen atoms in total. The first-order valence-electron chi connectivity index (χ1n) is 6.67. The Hall–Kier alpha value is -1.13. The van der Waals surface area contributed by atoms with Gasteiger partial charge in [0.15, 0.2) is 0 Å². The molecule has 1 aliphatic rings. The fourth-order valence-electron chi connectivity index (χ4n) is 2.47. The zero-order valence-corrected chi connectivity index (χ0v) is 11.6. The zero-order chi connectivity index (χ0) is 13.1. The molecule has 0 aromatic carbocycles. The molecule has 1 saturated heterocycles. The van der Waals surface area contributed by atoms with E-state index in [4.69, 9.17) is 0 Å². The summed E-state index contributed by atoms with van der Waals surface area (Å²) in [5.41, 5.74) is 3.08. The number of aromatic nitrogens is 1. The lowest BCUT2D eigenvalue weighted by Gasteiger charge is -2.38. The van der Waals surface area contributed by atoms with E-state index in [0.717, 1.165) is 43.1 Å². The molecule has 1 aromatic heterocycles. The minimum Gasteiger partial charge on any atom is -0.392 e. The highest BCUT2D eigenvalue weighted by Gasteiger charge is 2.20. The number of pyridine rings is 1. The first kappa shape index (κ1) is 13.3. The van der Waals surface area contributed by atoms with E-state index >= 15 is 0 Å². The summed E-state index contributed by atoms with van der Waals surface area (Å²) in [7, 11) is 0. The zero-order valence-electron chi connectivity index (χ0n) is 11.6. The Balaban J connectivity index is 2.11. The summed E-state index contributed by atoms with van der Waals surface area (Å²) in [5, 5.41) is 9.40. The summed E-state index contributed by atoms with van der Waals surface area (Å²) in [4.78, 5) is 9.10. The summed E-state index contributed by atoms with van der Waals surface area (Å²) >= 11 is 0. The van der Waals surface area contributed by atoms with Gasteiger partial charge in [-0.2, -0.15) is 0 Å². The highest BCUT2D eigenvalue weighted by molar-refractivity contribution is 5.53. The normalized spacial score (nSPS) is 17.5. The number of hydrogen-bond donors (Lipinski definition) is 1. The van der Waals surface area contributed by atoms with Crippen molar-refractivity contribution >= 4 is 5.69 Å². The molecular weight excluding hydrogens is 226 g/mol. The van der Waals surface area contributed by atoms with E-state index in [0.29, 0.717) is 6.04 Å². The maximum absolute atomic E-state index is 9.40. The molecule has 1 N–H and O–H groups in total. The lowest BCUT2D eigenvalue weighted by Crippen LogP contribution is -2.49. The molecule has 100 valence electrons. The van der Waals surface area contributed by atoms with Gasteiger partial charge in [-0.3, -0.25) is 9.88 Å². The topological polar surface area (TPSA) is 39.6 Å². The molecule has 0 radical (unpaired) electrons. The Morgan fingerprint density at radius 1 is 1.28 bits per heavy atom. The van der Waals surface area contributed by atoms with Gasteiger partial charge < -0.3 is 10.0 Å². The maximum Gasteiger partial charge on any atom is 0.0717 e. The Bertz CT molecular complexity index is 398. The van der Waals surface area contributed by atoms with Crippen molar-refractivity contribution in [3.63, 3.8) is 0 Å². The number of rotatable bonds is 3. The monoisotopic (exact) mass is 249 g/mol. The van der Waals surface area contributed by atoms with Crippen molar-refractivity contribution in [2.45, 2.75) is 33.4 Å². The van der Waals surface area contributed by atoms with Crippen molar-refractivity contribution in [2.75, 3.05) is 31.1 Å². The Morgan fingerprint density at radius 3 is 2.50 bits per heavy atom. The van der Waals surface area contributed by atoms with Crippen LogP contribution in [0.2, 0.25) is 0 Å². The predicted molar refractivity (Wildman–Crippen MR) is 73.8 cm³/mol.